The van der Waals surface area contributed by atoms with Crippen molar-refractivity contribution in [3.8, 4) is 17.4 Å². The van der Waals surface area contributed by atoms with Crippen LogP contribution < -0.4 is 10.5 Å². The topological polar surface area (TPSA) is 96.7 Å². The summed E-state index contributed by atoms with van der Waals surface area (Å²) in [5, 5.41) is 5.07. The largest absolute Gasteiger partial charge is 0.490 e. The molecule has 2 heterocycles. The van der Waals surface area contributed by atoms with Crippen LogP contribution in [0.15, 0.2) is 37.9 Å². The van der Waals surface area contributed by atoms with Crippen LogP contribution in [0.3, 0.4) is 0 Å². The van der Waals surface area contributed by atoms with Crippen molar-refractivity contribution in [2.45, 2.75) is 46.1 Å². The summed E-state index contributed by atoms with van der Waals surface area (Å²) < 4.78 is 22.8. The van der Waals surface area contributed by atoms with E-state index in [0.717, 1.165) is 11.8 Å². The van der Waals surface area contributed by atoms with E-state index >= 15 is 0 Å². The zero-order chi connectivity index (χ0) is 19.9. The molecule has 0 aliphatic rings. The van der Waals surface area contributed by atoms with Gasteiger partial charge in [0.05, 0.1) is 13.2 Å². The van der Waals surface area contributed by atoms with E-state index in [1.165, 1.54) is 4.68 Å². The molecule has 0 saturated carbocycles. The number of aryl methyl sites for hydroxylation is 1. The SMILES string of the molecule is CCOC(=O)CCCCCn1nc(-c2cc3cccc(OCC)c3o2)oc1=O. The van der Waals surface area contributed by atoms with E-state index in [-0.39, 0.29) is 11.9 Å². The summed E-state index contributed by atoms with van der Waals surface area (Å²) in [6, 6.07) is 7.36. The van der Waals surface area contributed by atoms with Crippen molar-refractivity contribution >= 4 is 16.9 Å². The summed E-state index contributed by atoms with van der Waals surface area (Å²) in [5.41, 5.74) is 0.593. The number of carbonyl (C=O) groups excluding carboxylic acids is 1. The van der Waals surface area contributed by atoms with Crippen LogP contribution in [-0.4, -0.2) is 29.0 Å². The first-order chi connectivity index (χ1) is 13.6. The highest BCUT2D eigenvalue weighted by molar-refractivity contribution is 5.86. The maximum Gasteiger partial charge on any atom is 0.437 e. The number of esters is 1. The number of carbonyl (C=O) groups is 1. The molecule has 0 unspecified atom stereocenters. The lowest BCUT2D eigenvalue weighted by Crippen LogP contribution is -2.15. The Hall–Kier alpha value is -3.03. The molecule has 150 valence electrons. The minimum absolute atomic E-state index is 0.134. The summed E-state index contributed by atoms with van der Waals surface area (Å²) >= 11 is 0. The number of nitrogens with zero attached hydrogens (tertiary/aromatic N) is 2. The highest BCUT2D eigenvalue weighted by Crippen LogP contribution is 2.32. The molecule has 0 saturated heterocycles. The van der Waals surface area contributed by atoms with E-state index in [4.69, 9.17) is 18.3 Å². The van der Waals surface area contributed by atoms with Gasteiger partial charge < -0.3 is 18.3 Å². The number of unbranched alkanes of at least 4 members (excludes halogenated alkanes) is 2. The second-order valence-electron chi connectivity index (χ2n) is 6.23. The summed E-state index contributed by atoms with van der Waals surface area (Å²) in [6.45, 7) is 5.01. The van der Waals surface area contributed by atoms with Crippen LogP contribution in [0, 0.1) is 0 Å². The second kappa shape index (κ2) is 9.25. The fourth-order valence-corrected chi connectivity index (χ4v) is 2.90. The minimum Gasteiger partial charge on any atom is -0.490 e. The van der Waals surface area contributed by atoms with Crippen molar-refractivity contribution in [3.05, 3.63) is 34.8 Å². The van der Waals surface area contributed by atoms with E-state index in [2.05, 4.69) is 5.10 Å². The van der Waals surface area contributed by atoms with Crippen molar-refractivity contribution in [2.75, 3.05) is 13.2 Å². The van der Waals surface area contributed by atoms with Gasteiger partial charge in [-0.05, 0) is 38.8 Å². The first kappa shape index (κ1) is 19.7. The zero-order valence-electron chi connectivity index (χ0n) is 16.1. The number of benzene rings is 1. The number of aromatic nitrogens is 2. The van der Waals surface area contributed by atoms with E-state index in [0.29, 0.717) is 56.1 Å². The van der Waals surface area contributed by atoms with Gasteiger partial charge in [0.25, 0.3) is 5.89 Å². The molecule has 1 aromatic carbocycles. The predicted molar refractivity (Wildman–Crippen MR) is 102 cm³/mol. The Morgan fingerprint density at radius 3 is 2.79 bits per heavy atom. The Bertz CT molecular complexity index is 984. The molecule has 0 aliphatic heterocycles. The Kier molecular flexibility index (Phi) is 6.52. The number of ether oxygens (including phenoxy) is 2. The van der Waals surface area contributed by atoms with Gasteiger partial charge >= 0.3 is 11.7 Å². The highest BCUT2D eigenvalue weighted by Gasteiger charge is 2.16. The molecule has 0 N–H and O–H groups in total. The maximum absolute atomic E-state index is 12.0. The lowest BCUT2D eigenvalue weighted by atomic mass is 10.2. The molecular formula is C20H24N2O6. The Morgan fingerprint density at radius 1 is 1.14 bits per heavy atom. The molecule has 3 rings (SSSR count). The van der Waals surface area contributed by atoms with Crippen molar-refractivity contribution in [1.29, 1.82) is 0 Å². The molecule has 0 fully saturated rings. The Labute approximate surface area is 162 Å². The van der Waals surface area contributed by atoms with Crippen LogP contribution in [0.5, 0.6) is 5.75 Å². The number of hydrogen-bond donors (Lipinski definition) is 0. The van der Waals surface area contributed by atoms with Crippen LogP contribution in [0.4, 0.5) is 0 Å². The van der Waals surface area contributed by atoms with Gasteiger partial charge in [0.1, 0.15) is 0 Å². The van der Waals surface area contributed by atoms with Gasteiger partial charge in [0, 0.05) is 18.4 Å². The molecule has 0 spiro atoms. The minimum atomic E-state index is -0.536. The third kappa shape index (κ3) is 4.62. The molecule has 0 aliphatic carbocycles. The van der Waals surface area contributed by atoms with Gasteiger partial charge in [-0.15, -0.1) is 5.10 Å². The average molecular weight is 388 g/mol. The average Bonchev–Trinajstić information content (AvgIpc) is 3.26. The summed E-state index contributed by atoms with van der Waals surface area (Å²) in [5.74, 6) is 0.413. The molecule has 8 heteroatoms. The van der Waals surface area contributed by atoms with Crippen molar-refractivity contribution < 1.29 is 23.1 Å². The van der Waals surface area contributed by atoms with Crippen molar-refractivity contribution in [3.63, 3.8) is 0 Å². The monoisotopic (exact) mass is 388 g/mol. The van der Waals surface area contributed by atoms with Crippen LogP contribution in [-0.2, 0) is 16.1 Å². The summed E-state index contributed by atoms with van der Waals surface area (Å²) in [4.78, 5) is 23.4. The smallest absolute Gasteiger partial charge is 0.437 e. The first-order valence-electron chi connectivity index (χ1n) is 9.51. The second-order valence-corrected chi connectivity index (χ2v) is 6.23. The van der Waals surface area contributed by atoms with Crippen LogP contribution in [0.25, 0.3) is 22.6 Å². The summed E-state index contributed by atoms with van der Waals surface area (Å²) in [7, 11) is 0. The molecule has 2 aromatic heterocycles. The molecule has 8 nitrogen and oxygen atoms in total. The van der Waals surface area contributed by atoms with Crippen LogP contribution in [0.1, 0.15) is 39.5 Å². The molecule has 3 aromatic rings. The Morgan fingerprint density at radius 2 is 2.00 bits per heavy atom. The fraction of sp³-hybridized carbons (Fsp3) is 0.450. The molecule has 0 atom stereocenters. The van der Waals surface area contributed by atoms with Gasteiger partial charge in [-0.25, -0.2) is 4.79 Å². The number of rotatable bonds is 10. The number of furan rings is 1. The van der Waals surface area contributed by atoms with E-state index in [9.17, 15) is 9.59 Å². The van der Waals surface area contributed by atoms with E-state index in [1.807, 2.05) is 25.1 Å². The molecule has 28 heavy (non-hydrogen) atoms. The number of fused-ring (bicyclic) bond motifs is 1. The summed E-state index contributed by atoms with van der Waals surface area (Å²) in [6.07, 6.45) is 2.59. The van der Waals surface area contributed by atoms with Crippen molar-refractivity contribution in [1.82, 2.24) is 9.78 Å². The van der Waals surface area contributed by atoms with Gasteiger partial charge in [-0.2, -0.15) is 4.68 Å². The van der Waals surface area contributed by atoms with Gasteiger partial charge in [-0.1, -0.05) is 18.6 Å². The highest BCUT2D eigenvalue weighted by atomic mass is 16.5. The lowest BCUT2D eigenvalue weighted by molar-refractivity contribution is -0.143. The normalized spacial score (nSPS) is 11.1. The molecule has 0 amide bonds. The first-order valence-corrected chi connectivity index (χ1v) is 9.51. The standard InChI is InChI=1S/C20H24N2O6/c1-3-25-15-10-8-9-14-13-16(27-18(14)15)19-21-22(20(24)28-19)12-7-5-6-11-17(23)26-4-2/h8-10,13H,3-7,11-12H2,1-2H3. The predicted octanol–water partition coefficient (Wildman–Crippen LogP) is 3.77. The Balaban J connectivity index is 1.64. The fourth-order valence-electron chi connectivity index (χ4n) is 2.90. The van der Waals surface area contributed by atoms with Crippen molar-refractivity contribution in [2.24, 2.45) is 0 Å². The van der Waals surface area contributed by atoms with Gasteiger partial charge in [-0.3, -0.25) is 4.79 Å². The molecule has 0 radical (unpaired) electrons. The van der Waals surface area contributed by atoms with E-state index < -0.39 is 5.76 Å². The third-order valence-corrected chi connectivity index (χ3v) is 4.18. The maximum atomic E-state index is 12.0. The lowest BCUT2D eigenvalue weighted by Gasteiger charge is -2.02. The quantitative estimate of drug-likeness (QED) is 0.385. The number of para-hydroxylation sites is 1. The van der Waals surface area contributed by atoms with Gasteiger partial charge in [0.15, 0.2) is 17.1 Å². The third-order valence-electron chi connectivity index (χ3n) is 4.18. The van der Waals surface area contributed by atoms with E-state index in [1.54, 1.807) is 13.0 Å². The number of hydrogen-bond acceptors (Lipinski definition) is 7. The molecule has 0 bridgehead atoms. The van der Waals surface area contributed by atoms with Gasteiger partial charge in [0.2, 0.25) is 0 Å². The van der Waals surface area contributed by atoms with Crippen LogP contribution in [0.2, 0.25) is 0 Å². The molecular weight excluding hydrogens is 364 g/mol. The van der Waals surface area contributed by atoms with Crippen LogP contribution >= 0.6 is 0 Å². The zero-order valence-corrected chi connectivity index (χ0v) is 16.1.